The number of rotatable bonds is 6. The first-order chi connectivity index (χ1) is 10.0. The summed E-state index contributed by atoms with van der Waals surface area (Å²) in [6.07, 6.45) is 1.01. The van der Waals surface area contributed by atoms with Gasteiger partial charge in [0.25, 0.3) is 0 Å². The van der Waals surface area contributed by atoms with Crippen LogP contribution < -0.4 is 5.32 Å². The number of hydrogen-bond acceptors (Lipinski definition) is 6. The normalized spacial score (nSPS) is 16.0. The zero-order valence-corrected chi connectivity index (χ0v) is 13.4. The summed E-state index contributed by atoms with van der Waals surface area (Å²) < 4.78 is 0. The molecule has 21 heavy (non-hydrogen) atoms. The van der Waals surface area contributed by atoms with Crippen molar-refractivity contribution >= 4 is 28.3 Å². The highest BCUT2D eigenvalue weighted by molar-refractivity contribution is 7.15. The summed E-state index contributed by atoms with van der Waals surface area (Å²) in [7, 11) is 0. The van der Waals surface area contributed by atoms with Crippen LogP contribution in [0.3, 0.4) is 0 Å². The van der Waals surface area contributed by atoms with Gasteiger partial charge in [-0.2, -0.15) is 0 Å². The van der Waals surface area contributed by atoms with E-state index in [1.807, 2.05) is 13.8 Å². The monoisotopic (exact) mass is 311 g/mol. The van der Waals surface area contributed by atoms with E-state index in [1.165, 1.54) is 11.3 Å². The molecule has 0 radical (unpaired) electrons. The van der Waals surface area contributed by atoms with E-state index in [2.05, 4.69) is 22.4 Å². The van der Waals surface area contributed by atoms with Gasteiger partial charge in [-0.05, 0) is 20.3 Å². The number of carbonyl (C=O) groups excluding carboxylic acids is 2. The van der Waals surface area contributed by atoms with E-state index in [0.29, 0.717) is 19.6 Å². The van der Waals surface area contributed by atoms with Crippen molar-refractivity contribution in [2.45, 2.75) is 39.8 Å². The number of hydrogen-bond donors (Lipinski definition) is 1. The van der Waals surface area contributed by atoms with Crippen molar-refractivity contribution in [3.63, 3.8) is 0 Å². The number of amides is 2. The van der Waals surface area contributed by atoms with Gasteiger partial charge in [-0.3, -0.25) is 9.59 Å². The Balaban J connectivity index is 1.96. The molecule has 1 aromatic rings. The highest BCUT2D eigenvalue weighted by Gasteiger charge is 2.34. The predicted octanol–water partition coefficient (Wildman–Crippen LogP) is 0.939. The van der Waals surface area contributed by atoms with Crippen molar-refractivity contribution in [2.24, 2.45) is 0 Å². The third-order valence-corrected chi connectivity index (χ3v) is 4.15. The summed E-state index contributed by atoms with van der Waals surface area (Å²) in [6, 6.07) is 0.0509. The maximum Gasteiger partial charge on any atom is 0.312 e. The first-order valence-electron chi connectivity index (χ1n) is 7.19. The Labute approximate surface area is 128 Å². The predicted molar refractivity (Wildman–Crippen MR) is 81.0 cm³/mol. The molecule has 0 saturated carbocycles. The number of carbonyl (C=O) groups is 2. The Hall–Kier alpha value is -1.70. The second kappa shape index (κ2) is 6.84. The molecule has 1 saturated heterocycles. The van der Waals surface area contributed by atoms with Crippen molar-refractivity contribution < 1.29 is 9.59 Å². The van der Waals surface area contributed by atoms with Crippen LogP contribution in [0.4, 0.5) is 5.13 Å². The summed E-state index contributed by atoms with van der Waals surface area (Å²) in [4.78, 5) is 27.3. The lowest BCUT2D eigenvalue weighted by Gasteiger charge is -2.35. The van der Waals surface area contributed by atoms with Gasteiger partial charge in [0.2, 0.25) is 5.13 Å². The van der Waals surface area contributed by atoms with Crippen LogP contribution in [0.15, 0.2) is 0 Å². The van der Waals surface area contributed by atoms with Crippen LogP contribution in [0.5, 0.6) is 0 Å². The molecule has 0 aromatic carbocycles. The number of nitrogens with one attached hydrogen (secondary N) is 1. The summed E-state index contributed by atoms with van der Waals surface area (Å²) in [5.74, 6) is -0.877. The van der Waals surface area contributed by atoms with Crippen LogP contribution in [0.25, 0.3) is 0 Å². The van der Waals surface area contributed by atoms with Crippen LogP contribution in [-0.4, -0.2) is 57.5 Å². The van der Waals surface area contributed by atoms with Gasteiger partial charge < -0.3 is 15.1 Å². The molecule has 1 aromatic heterocycles. The Morgan fingerprint density at radius 2 is 2.00 bits per heavy atom. The number of aromatic nitrogens is 2. The molecule has 1 aliphatic rings. The maximum absolute atomic E-state index is 12.1. The van der Waals surface area contributed by atoms with Gasteiger partial charge >= 0.3 is 11.8 Å². The van der Waals surface area contributed by atoms with E-state index in [9.17, 15) is 9.59 Å². The number of nitrogens with zero attached hydrogens (tertiary/aromatic N) is 4. The minimum absolute atomic E-state index is 0.0509. The molecule has 0 atom stereocenters. The van der Waals surface area contributed by atoms with Crippen LogP contribution in [-0.2, 0) is 16.1 Å². The molecule has 0 aliphatic carbocycles. The van der Waals surface area contributed by atoms with E-state index >= 15 is 0 Å². The smallest absolute Gasteiger partial charge is 0.312 e. The Morgan fingerprint density at radius 3 is 2.67 bits per heavy atom. The van der Waals surface area contributed by atoms with Crippen molar-refractivity contribution in [3.8, 4) is 0 Å². The van der Waals surface area contributed by atoms with Crippen molar-refractivity contribution in [1.82, 2.24) is 20.0 Å². The molecule has 0 bridgehead atoms. The average molecular weight is 311 g/mol. The second-order valence-corrected chi connectivity index (χ2v) is 6.31. The first kappa shape index (κ1) is 15.7. The van der Waals surface area contributed by atoms with Crippen molar-refractivity contribution in [2.75, 3.05) is 25.0 Å². The minimum Gasteiger partial charge on any atom is -0.360 e. The molecule has 2 amide bonds. The minimum atomic E-state index is -0.451. The fourth-order valence-corrected chi connectivity index (χ4v) is 2.90. The quantitative estimate of drug-likeness (QED) is 0.791. The largest absolute Gasteiger partial charge is 0.360 e. The van der Waals surface area contributed by atoms with Gasteiger partial charge in [0, 0.05) is 25.7 Å². The van der Waals surface area contributed by atoms with Gasteiger partial charge in [0.05, 0.1) is 6.54 Å². The molecule has 1 N–H and O–H groups in total. The van der Waals surface area contributed by atoms with E-state index in [1.54, 1.807) is 9.80 Å². The molecular formula is C13H21N5O2S. The van der Waals surface area contributed by atoms with Crippen LogP contribution >= 0.6 is 11.3 Å². The van der Waals surface area contributed by atoms with Crippen molar-refractivity contribution in [3.05, 3.63) is 5.01 Å². The van der Waals surface area contributed by atoms with Gasteiger partial charge in [-0.25, -0.2) is 0 Å². The SMILES string of the molecule is CCCNc1nnc(CN2CCN(C(C)C)C(=O)C2=O)s1. The molecule has 1 fully saturated rings. The van der Waals surface area contributed by atoms with Crippen LogP contribution in [0.1, 0.15) is 32.2 Å². The molecule has 1 aliphatic heterocycles. The fourth-order valence-electron chi connectivity index (χ4n) is 2.12. The van der Waals surface area contributed by atoms with Gasteiger partial charge in [0.1, 0.15) is 5.01 Å². The summed E-state index contributed by atoms with van der Waals surface area (Å²) in [6.45, 7) is 8.21. The zero-order chi connectivity index (χ0) is 15.4. The lowest BCUT2D eigenvalue weighted by Crippen LogP contribution is -2.55. The Morgan fingerprint density at radius 1 is 1.24 bits per heavy atom. The van der Waals surface area contributed by atoms with Gasteiger partial charge in [-0.1, -0.05) is 18.3 Å². The van der Waals surface area contributed by atoms with E-state index < -0.39 is 11.8 Å². The highest BCUT2D eigenvalue weighted by Crippen LogP contribution is 2.18. The molecule has 116 valence electrons. The Bertz CT molecular complexity index is 516. The van der Waals surface area contributed by atoms with E-state index in [-0.39, 0.29) is 6.04 Å². The first-order valence-corrected chi connectivity index (χ1v) is 8.00. The summed E-state index contributed by atoms with van der Waals surface area (Å²) in [5.41, 5.74) is 0. The number of anilines is 1. The highest BCUT2D eigenvalue weighted by atomic mass is 32.1. The third kappa shape index (κ3) is 3.69. The molecule has 7 nitrogen and oxygen atoms in total. The standard InChI is InChI=1S/C13H21N5O2S/c1-4-5-14-13-16-15-10(21-13)8-17-6-7-18(9(2)3)12(20)11(17)19/h9H,4-8H2,1-3H3,(H,14,16). The molecule has 2 heterocycles. The van der Waals surface area contributed by atoms with E-state index in [0.717, 1.165) is 23.1 Å². The molecule has 2 rings (SSSR count). The zero-order valence-electron chi connectivity index (χ0n) is 12.6. The average Bonchev–Trinajstić information content (AvgIpc) is 2.89. The van der Waals surface area contributed by atoms with Crippen LogP contribution in [0, 0.1) is 0 Å². The molecule has 8 heteroatoms. The van der Waals surface area contributed by atoms with Crippen LogP contribution in [0.2, 0.25) is 0 Å². The van der Waals surface area contributed by atoms with Crippen molar-refractivity contribution in [1.29, 1.82) is 0 Å². The lowest BCUT2D eigenvalue weighted by molar-refractivity contribution is -0.157. The molecule has 0 unspecified atom stereocenters. The van der Waals surface area contributed by atoms with Gasteiger partial charge in [0.15, 0.2) is 0 Å². The summed E-state index contributed by atoms with van der Waals surface area (Å²) in [5, 5.41) is 12.8. The van der Waals surface area contributed by atoms with Gasteiger partial charge in [-0.15, -0.1) is 10.2 Å². The third-order valence-electron chi connectivity index (χ3n) is 3.28. The summed E-state index contributed by atoms with van der Waals surface area (Å²) >= 11 is 1.42. The lowest BCUT2D eigenvalue weighted by atomic mass is 10.2. The topological polar surface area (TPSA) is 78.4 Å². The fraction of sp³-hybridized carbons (Fsp3) is 0.692. The second-order valence-electron chi connectivity index (χ2n) is 5.25. The Kier molecular flexibility index (Phi) is 5.11. The molecular weight excluding hydrogens is 290 g/mol. The van der Waals surface area contributed by atoms with E-state index in [4.69, 9.17) is 0 Å². The maximum atomic E-state index is 12.1. The molecule has 0 spiro atoms. The number of piperazine rings is 1.